The van der Waals surface area contributed by atoms with Crippen molar-refractivity contribution in [2.45, 2.75) is 26.7 Å². The number of fused-ring (bicyclic) bond motifs is 3. The van der Waals surface area contributed by atoms with Crippen LogP contribution in [0.5, 0.6) is 0 Å². The summed E-state index contributed by atoms with van der Waals surface area (Å²) in [5, 5.41) is 0. The molecule has 2 nitrogen and oxygen atoms in total. The fourth-order valence-corrected chi connectivity index (χ4v) is 1.97. The van der Waals surface area contributed by atoms with Crippen molar-refractivity contribution in [2.24, 2.45) is 0 Å². The molecule has 1 aliphatic rings. The number of nitrogens with zero attached hydrogens (tertiary/aromatic N) is 2. The van der Waals surface area contributed by atoms with Crippen LogP contribution in [0.1, 0.15) is 25.0 Å². The number of benzene rings is 1. The number of hydrogen-bond acceptors (Lipinski definition) is 2. The Morgan fingerprint density at radius 1 is 1.06 bits per heavy atom. The van der Waals surface area contributed by atoms with E-state index in [9.17, 15) is 0 Å². The Balaban J connectivity index is 0.000000691. The normalized spacial score (nSPS) is 10.6. The SMILES string of the molecule is CC.[CH3-].[Y].[c-]1ncc2c(n1)-c1ccccc1CC2. The Bertz CT molecular complexity index is 438. The predicted octanol–water partition coefficient (Wildman–Crippen LogP) is 3.52. The van der Waals surface area contributed by atoms with Crippen molar-refractivity contribution in [1.82, 2.24) is 9.97 Å². The van der Waals surface area contributed by atoms with E-state index >= 15 is 0 Å². The standard InChI is InChI=1S/C12H9N2.C2H6.CH3.Y/c1-2-4-11-9(3-1)5-6-10-7-13-8-14-12(10)11;1-2;;/h1-4,7H,5-6H2;1-2H3;1H3;/q-1;;-1;. The molecule has 0 unspecified atom stereocenters. The van der Waals surface area contributed by atoms with Gasteiger partial charge in [0, 0.05) is 39.0 Å². The molecule has 2 aromatic rings. The van der Waals surface area contributed by atoms with Crippen LogP contribution in [0.2, 0.25) is 0 Å². The molecule has 93 valence electrons. The van der Waals surface area contributed by atoms with E-state index in [4.69, 9.17) is 0 Å². The van der Waals surface area contributed by atoms with Gasteiger partial charge >= 0.3 is 0 Å². The summed E-state index contributed by atoms with van der Waals surface area (Å²) in [6.07, 6.45) is 6.67. The number of hydrogen-bond donors (Lipinski definition) is 0. The molecule has 0 bridgehead atoms. The van der Waals surface area contributed by atoms with E-state index in [-0.39, 0.29) is 40.1 Å². The minimum absolute atomic E-state index is 0. The van der Waals surface area contributed by atoms with Crippen molar-refractivity contribution in [2.75, 3.05) is 0 Å². The molecule has 0 N–H and O–H groups in total. The molecule has 0 amide bonds. The van der Waals surface area contributed by atoms with Gasteiger partial charge in [0.05, 0.1) is 0 Å². The van der Waals surface area contributed by atoms with Crippen LogP contribution in [-0.2, 0) is 45.6 Å². The molecule has 1 heterocycles. The molecule has 0 aliphatic heterocycles. The smallest absolute Gasteiger partial charge is 0.0219 e. The van der Waals surface area contributed by atoms with Crippen molar-refractivity contribution < 1.29 is 32.7 Å². The van der Waals surface area contributed by atoms with Crippen LogP contribution in [0.25, 0.3) is 11.3 Å². The third-order valence-electron chi connectivity index (χ3n) is 2.68. The zero-order valence-electron chi connectivity index (χ0n) is 11.3. The van der Waals surface area contributed by atoms with Crippen LogP contribution >= 0.6 is 0 Å². The molecule has 0 atom stereocenters. The van der Waals surface area contributed by atoms with Crippen molar-refractivity contribution in [1.29, 1.82) is 0 Å². The Morgan fingerprint density at radius 3 is 2.50 bits per heavy atom. The molecule has 0 saturated heterocycles. The molecule has 1 aromatic carbocycles. The van der Waals surface area contributed by atoms with E-state index in [0.717, 1.165) is 18.5 Å². The Labute approximate surface area is 135 Å². The third-order valence-corrected chi connectivity index (χ3v) is 2.68. The monoisotopic (exact) mass is 315 g/mol. The summed E-state index contributed by atoms with van der Waals surface area (Å²) in [6, 6.07) is 8.42. The first-order chi connectivity index (χ1) is 7.95. The number of aromatic nitrogens is 2. The summed E-state index contributed by atoms with van der Waals surface area (Å²) in [7, 11) is 0. The first kappa shape index (κ1) is 17.4. The van der Waals surface area contributed by atoms with Gasteiger partial charge in [0.2, 0.25) is 0 Å². The topological polar surface area (TPSA) is 25.8 Å². The van der Waals surface area contributed by atoms with Crippen LogP contribution in [0.4, 0.5) is 0 Å². The van der Waals surface area contributed by atoms with Gasteiger partial charge in [-0.2, -0.15) is 0 Å². The van der Waals surface area contributed by atoms with E-state index in [1.807, 2.05) is 20.0 Å². The minimum Gasteiger partial charge on any atom is -0.374 e. The van der Waals surface area contributed by atoms with Crippen LogP contribution in [0.3, 0.4) is 0 Å². The third kappa shape index (κ3) is 3.46. The van der Waals surface area contributed by atoms with E-state index < -0.39 is 0 Å². The first-order valence-corrected chi connectivity index (χ1v) is 5.75. The van der Waals surface area contributed by atoms with E-state index in [2.05, 4.69) is 40.6 Å². The second-order valence-electron chi connectivity index (χ2n) is 3.50. The summed E-state index contributed by atoms with van der Waals surface area (Å²) >= 11 is 0. The summed E-state index contributed by atoms with van der Waals surface area (Å²) in [5.74, 6) is 0. The Hall–Kier alpha value is -0.596. The zero-order valence-corrected chi connectivity index (χ0v) is 14.1. The van der Waals surface area contributed by atoms with Gasteiger partial charge in [-0.05, 0) is 18.5 Å². The molecular weight excluding hydrogens is 297 g/mol. The van der Waals surface area contributed by atoms with Crippen molar-refractivity contribution >= 4 is 0 Å². The van der Waals surface area contributed by atoms with Gasteiger partial charge < -0.3 is 17.4 Å². The van der Waals surface area contributed by atoms with Crippen LogP contribution in [0, 0.1) is 13.8 Å². The molecule has 3 heteroatoms. The molecule has 0 saturated carbocycles. The second-order valence-corrected chi connectivity index (χ2v) is 3.50. The van der Waals surface area contributed by atoms with Gasteiger partial charge in [0.1, 0.15) is 0 Å². The summed E-state index contributed by atoms with van der Waals surface area (Å²) in [4.78, 5) is 8.16. The van der Waals surface area contributed by atoms with Crippen LogP contribution in [0.15, 0.2) is 30.5 Å². The van der Waals surface area contributed by atoms with Gasteiger partial charge in [-0.15, -0.1) is 5.56 Å². The predicted molar refractivity (Wildman–Crippen MR) is 71.5 cm³/mol. The van der Waals surface area contributed by atoms with Gasteiger partial charge in [-0.1, -0.05) is 55.4 Å². The molecule has 18 heavy (non-hydrogen) atoms. The Kier molecular flexibility index (Phi) is 8.21. The van der Waals surface area contributed by atoms with Crippen LogP contribution in [-0.4, -0.2) is 9.97 Å². The quantitative estimate of drug-likeness (QED) is 0.695. The fraction of sp³-hybridized carbons (Fsp3) is 0.267. The summed E-state index contributed by atoms with van der Waals surface area (Å²) in [5.41, 5.74) is 4.92. The fourth-order valence-electron chi connectivity index (χ4n) is 1.97. The van der Waals surface area contributed by atoms with Crippen LogP contribution < -0.4 is 0 Å². The van der Waals surface area contributed by atoms with Gasteiger partial charge in [-0.3, -0.25) is 0 Å². The zero-order chi connectivity index (χ0) is 11.4. The van der Waals surface area contributed by atoms with Crippen molar-refractivity contribution in [3.63, 3.8) is 0 Å². The van der Waals surface area contributed by atoms with Gasteiger partial charge in [0.15, 0.2) is 0 Å². The van der Waals surface area contributed by atoms with Crippen molar-refractivity contribution in [3.05, 3.63) is 55.3 Å². The average molecular weight is 315 g/mol. The Morgan fingerprint density at radius 2 is 1.72 bits per heavy atom. The average Bonchev–Trinajstić information content (AvgIpc) is 2.41. The summed E-state index contributed by atoms with van der Waals surface area (Å²) in [6.45, 7) is 4.00. The summed E-state index contributed by atoms with van der Waals surface area (Å²) < 4.78 is 0. The number of aryl methyl sites for hydroxylation is 2. The van der Waals surface area contributed by atoms with Gasteiger partial charge in [0.25, 0.3) is 0 Å². The maximum absolute atomic E-state index is 4.22. The van der Waals surface area contributed by atoms with E-state index in [1.165, 1.54) is 16.7 Å². The second kappa shape index (κ2) is 8.50. The molecule has 3 rings (SSSR count). The van der Waals surface area contributed by atoms with E-state index in [1.54, 1.807) is 0 Å². The maximum atomic E-state index is 4.22. The molecule has 1 radical (unpaired) electrons. The molecule has 1 aliphatic carbocycles. The maximum Gasteiger partial charge on any atom is 0.0219 e. The molecule has 0 fully saturated rings. The largest absolute Gasteiger partial charge is 0.374 e. The van der Waals surface area contributed by atoms with Gasteiger partial charge in [-0.25, -0.2) is 0 Å². The first-order valence-electron chi connectivity index (χ1n) is 5.75. The van der Waals surface area contributed by atoms with Crippen molar-refractivity contribution in [3.8, 4) is 11.3 Å². The minimum atomic E-state index is 0. The number of rotatable bonds is 0. The molecule has 1 aromatic heterocycles. The molecular formula is C15H18N2Y-2. The molecule has 0 spiro atoms. The van der Waals surface area contributed by atoms with E-state index in [0.29, 0.717) is 0 Å².